The third-order valence-electron chi connectivity index (χ3n) is 1.80. The Balaban J connectivity index is 2.36. The van der Waals surface area contributed by atoms with Gasteiger partial charge in [-0.05, 0) is 32.4 Å². The summed E-state index contributed by atoms with van der Waals surface area (Å²) in [5, 5.41) is 0. The number of hydrogen-bond donors (Lipinski definition) is 0. The first kappa shape index (κ1) is 11.9. The summed E-state index contributed by atoms with van der Waals surface area (Å²) < 4.78 is 28.9. The zero-order chi connectivity index (χ0) is 11.6. The number of carbonyl (C=O) groups excluding carboxylic acids is 1. The minimum atomic E-state index is -2.44. The van der Waals surface area contributed by atoms with Crippen molar-refractivity contribution in [1.29, 1.82) is 0 Å². The summed E-state index contributed by atoms with van der Waals surface area (Å²) in [6.07, 6.45) is -2.02. The zero-order valence-corrected chi connectivity index (χ0v) is 9.09. The Bertz CT molecular complexity index is 274. The molecule has 1 rings (SSSR count). The second-order valence-corrected chi connectivity index (χ2v) is 4.50. The van der Waals surface area contributed by atoms with E-state index in [9.17, 15) is 13.6 Å². The molecular formula is C10H15F2NO2. The number of carbonyl (C=O) groups is 1. The minimum Gasteiger partial charge on any atom is -0.444 e. The standard InChI is InChI=1S/C10H15F2NO2/c1-10(2,3)15-9(14)13-5-7(6-13)4-8(11)12/h4,8H,5-6H2,1-3H3. The quantitative estimate of drug-likeness (QED) is 0.634. The number of nitrogens with zero attached hydrogens (tertiary/aromatic N) is 1. The third kappa shape index (κ3) is 3.85. The van der Waals surface area contributed by atoms with Crippen LogP contribution in [0.2, 0.25) is 0 Å². The molecule has 0 unspecified atom stereocenters. The van der Waals surface area contributed by atoms with Crippen molar-refractivity contribution >= 4 is 6.09 Å². The summed E-state index contributed by atoms with van der Waals surface area (Å²) >= 11 is 0. The lowest BCUT2D eigenvalue weighted by atomic mass is 10.1. The Hall–Kier alpha value is -1.13. The molecule has 0 bridgehead atoms. The second-order valence-electron chi connectivity index (χ2n) is 4.50. The van der Waals surface area contributed by atoms with Crippen LogP contribution < -0.4 is 0 Å². The van der Waals surface area contributed by atoms with Crippen molar-refractivity contribution < 1.29 is 18.3 Å². The maximum atomic E-state index is 11.9. The van der Waals surface area contributed by atoms with Crippen LogP contribution in [0.25, 0.3) is 0 Å². The van der Waals surface area contributed by atoms with Gasteiger partial charge in [0.25, 0.3) is 6.43 Å². The molecular weight excluding hydrogens is 204 g/mol. The highest BCUT2D eigenvalue weighted by atomic mass is 19.3. The van der Waals surface area contributed by atoms with Crippen LogP contribution in [-0.4, -0.2) is 36.1 Å². The zero-order valence-electron chi connectivity index (χ0n) is 9.09. The van der Waals surface area contributed by atoms with Gasteiger partial charge < -0.3 is 9.64 Å². The fourth-order valence-corrected chi connectivity index (χ4v) is 1.18. The van der Waals surface area contributed by atoms with Crippen molar-refractivity contribution in [1.82, 2.24) is 4.90 Å². The van der Waals surface area contributed by atoms with E-state index < -0.39 is 18.1 Å². The predicted molar refractivity (Wildman–Crippen MR) is 51.9 cm³/mol. The fraction of sp³-hybridized carbons (Fsp3) is 0.700. The number of hydrogen-bond acceptors (Lipinski definition) is 2. The van der Waals surface area contributed by atoms with E-state index in [0.29, 0.717) is 5.57 Å². The van der Waals surface area contributed by atoms with Gasteiger partial charge in [-0.3, -0.25) is 0 Å². The van der Waals surface area contributed by atoms with Gasteiger partial charge in [0, 0.05) is 13.1 Å². The molecule has 0 aromatic rings. The molecule has 0 saturated carbocycles. The molecule has 1 amide bonds. The first-order chi connectivity index (χ1) is 6.78. The normalized spacial score (nSPS) is 16.4. The largest absolute Gasteiger partial charge is 0.444 e. The Kier molecular flexibility index (Phi) is 3.31. The molecule has 1 heterocycles. The fourth-order valence-electron chi connectivity index (χ4n) is 1.18. The smallest absolute Gasteiger partial charge is 0.410 e. The van der Waals surface area contributed by atoms with E-state index >= 15 is 0 Å². The van der Waals surface area contributed by atoms with E-state index in [1.165, 1.54) is 4.90 Å². The van der Waals surface area contributed by atoms with Gasteiger partial charge >= 0.3 is 6.09 Å². The number of halogens is 2. The van der Waals surface area contributed by atoms with Crippen molar-refractivity contribution in [2.45, 2.75) is 32.8 Å². The van der Waals surface area contributed by atoms with Crippen molar-refractivity contribution in [3.8, 4) is 0 Å². The molecule has 0 radical (unpaired) electrons. The average Bonchev–Trinajstić information content (AvgIpc) is 1.91. The van der Waals surface area contributed by atoms with E-state index in [-0.39, 0.29) is 13.1 Å². The van der Waals surface area contributed by atoms with Gasteiger partial charge in [-0.25, -0.2) is 13.6 Å². The monoisotopic (exact) mass is 219 g/mol. The molecule has 0 spiro atoms. The maximum Gasteiger partial charge on any atom is 0.410 e. The lowest BCUT2D eigenvalue weighted by Crippen LogP contribution is -2.47. The Morgan fingerprint density at radius 3 is 2.40 bits per heavy atom. The third-order valence-corrected chi connectivity index (χ3v) is 1.80. The molecule has 1 aliphatic rings. The molecule has 1 aliphatic heterocycles. The maximum absolute atomic E-state index is 11.9. The predicted octanol–water partition coefficient (Wildman–Crippen LogP) is 2.43. The molecule has 15 heavy (non-hydrogen) atoms. The molecule has 0 aromatic carbocycles. The highest BCUT2D eigenvalue weighted by molar-refractivity contribution is 5.70. The molecule has 5 heteroatoms. The van der Waals surface area contributed by atoms with Gasteiger partial charge in [0.15, 0.2) is 0 Å². The highest BCUT2D eigenvalue weighted by Crippen LogP contribution is 2.19. The van der Waals surface area contributed by atoms with Crippen molar-refractivity contribution in [2.24, 2.45) is 0 Å². The van der Waals surface area contributed by atoms with Crippen LogP contribution in [0.15, 0.2) is 11.6 Å². The SMILES string of the molecule is CC(C)(C)OC(=O)N1CC(=CC(F)F)C1. The molecule has 1 saturated heterocycles. The minimum absolute atomic E-state index is 0.249. The van der Waals surface area contributed by atoms with Crippen molar-refractivity contribution in [3.05, 3.63) is 11.6 Å². The van der Waals surface area contributed by atoms with Gasteiger partial charge in [-0.2, -0.15) is 0 Å². The van der Waals surface area contributed by atoms with Crippen molar-refractivity contribution in [2.75, 3.05) is 13.1 Å². The number of alkyl halides is 2. The molecule has 0 N–H and O–H groups in total. The van der Waals surface area contributed by atoms with E-state index in [1.54, 1.807) is 20.8 Å². The number of ether oxygens (including phenoxy) is 1. The van der Waals surface area contributed by atoms with Gasteiger partial charge in [-0.15, -0.1) is 0 Å². The van der Waals surface area contributed by atoms with Crippen LogP contribution in [0, 0.1) is 0 Å². The molecule has 86 valence electrons. The molecule has 0 atom stereocenters. The number of rotatable bonds is 1. The summed E-state index contributed by atoms with van der Waals surface area (Å²) in [5.74, 6) is 0. The van der Waals surface area contributed by atoms with Crippen LogP contribution in [0.3, 0.4) is 0 Å². The molecule has 0 aliphatic carbocycles. The first-order valence-corrected chi connectivity index (χ1v) is 4.73. The van der Waals surface area contributed by atoms with E-state index in [4.69, 9.17) is 4.74 Å². The lowest BCUT2D eigenvalue weighted by molar-refractivity contribution is 0.0210. The Morgan fingerprint density at radius 1 is 1.47 bits per heavy atom. The van der Waals surface area contributed by atoms with Crippen LogP contribution in [-0.2, 0) is 4.74 Å². The molecule has 0 aromatic heterocycles. The van der Waals surface area contributed by atoms with Crippen molar-refractivity contribution in [3.63, 3.8) is 0 Å². The summed E-state index contributed by atoms with van der Waals surface area (Å²) in [6, 6.07) is 0. The summed E-state index contributed by atoms with van der Waals surface area (Å²) in [7, 11) is 0. The van der Waals surface area contributed by atoms with Crippen LogP contribution >= 0.6 is 0 Å². The Morgan fingerprint density at radius 2 is 2.00 bits per heavy atom. The van der Waals surface area contributed by atoms with Gasteiger partial charge in [0.1, 0.15) is 5.60 Å². The van der Waals surface area contributed by atoms with Gasteiger partial charge in [0.05, 0.1) is 0 Å². The lowest BCUT2D eigenvalue weighted by Gasteiger charge is -2.35. The van der Waals surface area contributed by atoms with Gasteiger partial charge in [0.2, 0.25) is 0 Å². The van der Waals surface area contributed by atoms with Crippen LogP contribution in [0.5, 0.6) is 0 Å². The molecule has 3 nitrogen and oxygen atoms in total. The number of amides is 1. The topological polar surface area (TPSA) is 29.5 Å². The number of likely N-dealkylation sites (tertiary alicyclic amines) is 1. The van der Waals surface area contributed by atoms with Crippen LogP contribution in [0.4, 0.5) is 13.6 Å². The Labute approximate surface area is 87.7 Å². The molecule has 1 fully saturated rings. The van der Waals surface area contributed by atoms with E-state index in [2.05, 4.69) is 0 Å². The van der Waals surface area contributed by atoms with Gasteiger partial charge in [-0.1, -0.05) is 0 Å². The summed E-state index contributed by atoms with van der Waals surface area (Å²) in [5.41, 5.74) is 0.0371. The first-order valence-electron chi connectivity index (χ1n) is 4.73. The van der Waals surface area contributed by atoms with E-state index in [0.717, 1.165) is 6.08 Å². The highest BCUT2D eigenvalue weighted by Gasteiger charge is 2.29. The van der Waals surface area contributed by atoms with Crippen LogP contribution in [0.1, 0.15) is 20.8 Å². The summed E-state index contributed by atoms with van der Waals surface area (Å²) in [4.78, 5) is 12.7. The van der Waals surface area contributed by atoms with E-state index in [1.807, 2.05) is 0 Å². The second kappa shape index (κ2) is 4.16. The number of allylic oxidation sites excluding steroid dienone is 1. The summed E-state index contributed by atoms with van der Waals surface area (Å²) in [6.45, 7) is 5.79. The average molecular weight is 219 g/mol.